The zero-order chi connectivity index (χ0) is 21.4. The van der Waals surface area contributed by atoms with Crippen LogP contribution >= 0.6 is 0 Å². The molecule has 0 saturated carbocycles. The van der Waals surface area contributed by atoms with Crippen molar-refractivity contribution in [2.45, 2.75) is 39.3 Å². The van der Waals surface area contributed by atoms with Gasteiger partial charge < -0.3 is 9.72 Å². The highest BCUT2D eigenvalue weighted by molar-refractivity contribution is 5.85. The van der Waals surface area contributed by atoms with Crippen LogP contribution in [0, 0.1) is 13.8 Å². The van der Waals surface area contributed by atoms with Gasteiger partial charge in [0.05, 0.1) is 13.2 Å². The Morgan fingerprint density at radius 1 is 1.06 bits per heavy atom. The fraction of sp³-hybridized carbons (Fsp3) is 0.346. The minimum Gasteiger partial charge on any atom is -0.496 e. The van der Waals surface area contributed by atoms with Crippen LogP contribution in [0.25, 0.3) is 10.9 Å². The molecule has 4 aromatic rings. The van der Waals surface area contributed by atoms with Crippen molar-refractivity contribution in [3.8, 4) is 5.75 Å². The van der Waals surface area contributed by atoms with Gasteiger partial charge in [-0.25, -0.2) is 0 Å². The van der Waals surface area contributed by atoms with Crippen LogP contribution in [0.2, 0.25) is 0 Å². The van der Waals surface area contributed by atoms with Gasteiger partial charge in [-0.05, 0) is 67.1 Å². The molecule has 1 N–H and O–H groups in total. The summed E-state index contributed by atoms with van der Waals surface area (Å²) in [5.41, 5.74) is 7.95. The molecule has 31 heavy (non-hydrogen) atoms. The first kappa shape index (κ1) is 19.9. The molecule has 0 unspecified atom stereocenters. The van der Waals surface area contributed by atoms with E-state index in [1.807, 2.05) is 23.1 Å². The molecule has 5 heteroatoms. The predicted octanol–water partition coefficient (Wildman–Crippen LogP) is 5.03. The number of ether oxygens (including phenoxy) is 1. The van der Waals surface area contributed by atoms with Crippen LogP contribution in [0.15, 0.2) is 54.9 Å². The molecule has 0 saturated heterocycles. The Hall–Kier alpha value is -3.05. The van der Waals surface area contributed by atoms with E-state index in [2.05, 4.69) is 65.2 Å². The van der Waals surface area contributed by atoms with Crippen LogP contribution in [0.5, 0.6) is 5.75 Å². The number of hydrogen-bond acceptors (Lipinski definition) is 3. The van der Waals surface area contributed by atoms with Gasteiger partial charge in [0.1, 0.15) is 5.75 Å². The largest absolute Gasteiger partial charge is 0.496 e. The number of aryl methyl sites for hydroxylation is 1. The average Bonchev–Trinajstić information content (AvgIpc) is 3.43. The molecule has 3 heterocycles. The average molecular weight is 415 g/mol. The molecule has 1 aliphatic heterocycles. The molecule has 0 spiro atoms. The number of nitrogens with one attached hydrogen (secondary N) is 1. The number of rotatable bonds is 6. The molecular weight excluding hydrogens is 384 g/mol. The van der Waals surface area contributed by atoms with Gasteiger partial charge in [0.15, 0.2) is 0 Å². The van der Waals surface area contributed by atoms with Crippen LogP contribution < -0.4 is 4.74 Å². The SMILES string of the molecule is COc1ccc([C@H]2c3[nH]c4ccccc4c3CCN2CCCn2cccn2)c(C)c1C. The summed E-state index contributed by atoms with van der Waals surface area (Å²) in [6.45, 7) is 7.42. The van der Waals surface area contributed by atoms with Crippen LogP contribution in [0.3, 0.4) is 0 Å². The number of fused-ring (bicyclic) bond motifs is 3. The fourth-order valence-corrected chi connectivity index (χ4v) is 5.09. The lowest BCUT2D eigenvalue weighted by molar-refractivity contribution is 0.203. The number of para-hydroxylation sites is 1. The molecule has 160 valence electrons. The van der Waals surface area contributed by atoms with Crippen molar-refractivity contribution < 1.29 is 4.74 Å². The van der Waals surface area contributed by atoms with Crippen LogP contribution in [0.1, 0.15) is 40.4 Å². The van der Waals surface area contributed by atoms with E-state index in [1.165, 1.54) is 38.9 Å². The summed E-state index contributed by atoms with van der Waals surface area (Å²) in [6.07, 6.45) is 6.04. The second-order valence-electron chi connectivity index (χ2n) is 8.48. The molecule has 5 rings (SSSR count). The van der Waals surface area contributed by atoms with E-state index in [4.69, 9.17) is 4.74 Å². The van der Waals surface area contributed by atoms with Gasteiger partial charge in [-0.2, -0.15) is 5.10 Å². The van der Waals surface area contributed by atoms with Crippen molar-refractivity contribution in [2.24, 2.45) is 0 Å². The summed E-state index contributed by atoms with van der Waals surface area (Å²) in [5.74, 6) is 0.958. The third-order valence-electron chi connectivity index (χ3n) is 6.82. The van der Waals surface area contributed by atoms with Gasteiger partial charge in [0.2, 0.25) is 0 Å². The summed E-state index contributed by atoms with van der Waals surface area (Å²) in [7, 11) is 1.75. The predicted molar refractivity (Wildman–Crippen MR) is 125 cm³/mol. The third-order valence-corrected chi connectivity index (χ3v) is 6.82. The van der Waals surface area contributed by atoms with E-state index in [1.54, 1.807) is 7.11 Å². The highest BCUT2D eigenvalue weighted by Crippen LogP contribution is 2.41. The molecule has 0 fully saturated rings. The molecule has 5 nitrogen and oxygen atoms in total. The van der Waals surface area contributed by atoms with Crippen molar-refractivity contribution in [1.82, 2.24) is 19.7 Å². The van der Waals surface area contributed by atoms with Crippen LogP contribution in [-0.4, -0.2) is 39.9 Å². The molecule has 0 amide bonds. The Bertz CT molecular complexity index is 1190. The van der Waals surface area contributed by atoms with Crippen LogP contribution in [0.4, 0.5) is 0 Å². The van der Waals surface area contributed by atoms with Gasteiger partial charge in [0, 0.05) is 48.6 Å². The second kappa shape index (κ2) is 8.23. The normalized spacial score (nSPS) is 16.5. The first-order chi connectivity index (χ1) is 15.2. The molecule has 2 aromatic heterocycles. The van der Waals surface area contributed by atoms with Crippen molar-refractivity contribution in [2.75, 3.05) is 20.2 Å². The Labute approximate surface area is 183 Å². The number of hydrogen-bond donors (Lipinski definition) is 1. The van der Waals surface area contributed by atoms with Gasteiger partial charge in [-0.3, -0.25) is 9.58 Å². The summed E-state index contributed by atoms with van der Waals surface area (Å²) >= 11 is 0. The summed E-state index contributed by atoms with van der Waals surface area (Å²) in [4.78, 5) is 6.42. The lowest BCUT2D eigenvalue weighted by Crippen LogP contribution is -2.37. The van der Waals surface area contributed by atoms with E-state index in [-0.39, 0.29) is 6.04 Å². The quantitative estimate of drug-likeness (QED) is 0.481. The minimum absolute atomic E-state index is 0.221. The summed E-state index contributed by atoms with van der Waals surface area (Å²) in [5, 5.41) is 5.73. The number of aromatic nitrogens is 3. The number of benzene rings is 2. The Morgan fingerprint density at radius 3 is 2.74 bits per heavy atom. The Kier molecular flexibility index (Phi) is 5.28. The molecule has 0 aliphatic carbocycles. The van der Waals surface area contributed by atoms with E-state index in [9.17, 15) is 0 Å². The zero-order valence-electron chi connectivity index (χ0n) is 18.6. The lowest BCUT2D eigenvalue weighted by atomic mass is 9.88. The maximum Gasteiger partial charge on any atom is 0.122 e. The van der Waals surface area contributed by atoms with E-state index >= 15 is 0 Å². The first-order valence-electron chi connectivity index (χ1n) is 11.1. The van der Waals surface area contributed by atoms with E-state index in [0.717, 1.165) is 38.2 Å². The Balaban J connectivity index is 1.54. The lowest BCUT2D eigenvalue weighted by Gasteiger charge is -2.37. The number of H-pyrrole nitrogens is 1. The minimum atomic E-state index is 0.221. The highest BCUT2D eigenvalue weighted by atomic mass is 16.5. The van der Waals surface area contributed by atoms with Crippen molar-refractivity contribution in [3.05, 3.63) is 82.8 Å². The highest BCUT2D eigenvalue weighted by Gasteiger charge is 2.32. The van der Waals surface area contributed by atoms with Gasteiger partial charge in [-0.1, -0.05) is 24.3 Å². The van der Waals surface area contributed by atoms with Gasteiger partial charge in [-0.15, -0.1) is 0 Å². The molecular formula is C26H30N4O. The molecule has 2 aromatic carbocycles. The Morgan fingerprint density at radius 2 is 1.94 bits per heavy atom. The van der Waals surface area contributed by atoms with Crippen molar-refractivity contribution in [1.29, 1.82) is 0 Å². The third kappa shape index (κ3) is 3.53. The van der Waals surface area contributed by atoms with Gasteiger partial charge in [0.25, 0.3) is 0 Å². The van der Waals surface area contributed by atoms with E-state index < -0.39 is 0 Å². The summed E-state index contributed by atoms with van der Waals surface area (Å²) < 4.78 is 7.61. The van der Waals surface area contributed by atoms with E-state index in [0.29, 0.717) is 0 Å². The maximum absolute atomic E-state index is 5.59. The smallest absolute Gasteiger partial charge is 0.122 e. The molecule has 1 atom stereocenters. The van der Waals surface area contributed by atoms with Crippen LogP contribution in [-0.2, 0) is 13.0 Å². The summed E-state index contributed by atoms with van der Waals surface area (Å²) in [6, 6.07) is 15.3. The number of aromatic amines is 1. The molecule has 1 aliphatic rings. The monoisotopic (exact) mass is 414 g/mol. The standard InChI is InChI=1S/C26H30N4O/c1-18-19(2)24(31-3)11-10-20(18)26-25-22(21-8-4-5-9-23(21)28-25)12-17-29(26)14-7-16-30-15-6-13-27-30/h4-6,8-11,13,15,26,28H,7,12,14,16-17H2,1-3H3/t26-/m0/s1. The number of nitrogens with zero attached hydrogens (tertiary/aromatic N) is 3. The van der Waals surface area contributed by atoms with Gasteiger partial charge >= 0.3 is 0 Å². The molecule has 0 radical (unpaired) electrons. The fourth-order valence-electron chi connectivity index (χ4n) is 5.09. The number of methoxy groups -OCH3 is 1. The maximum atomic E-state index is 5.59. The van der Waals surface area contributed by atoms with Crippen molar-refractivity contribution in [3.63, 3.8) is 0 Å². The second-order valence-corrected chi connectivity index (χ2v) is 8.48. The zero-order valence-corrected chi connectivity index (χ0v) is 18.6. The topological polar surface area (TPSA) is 46.1 Å². The van der Waals surface area contributed by atoms with Crippen molar-refractivity contribution >= 4 is 10.9 Å². The first-order valence-corrected chi connectivity index (χ1v) is 11.1. The molecule has 0 bridgehead atoms.